The summed E-state index contributed by atoms with van der Waals surface area (Å²) in [5.74, 6) is 2.29. The standard InChI is InChI=1S/C24H33N3O2S/c1-2-3-4-8-21(28)25-19-6-5-7-20(12-19)26-23(30)27-22(29)24-13-16-9-17(14-24)11-18(10-16)15-24/h5-7,12,16-18H,2-4,8-11,13-15H2,1H3,(H,25,28)(H2,26,27,29,30). The fraction of sp³-hybridized carbons (Fsp3) is 0.625. The van der Waals surface area contributed by atoms with Crippen LogP contribution in [0.3, 0.4) is 0 Å². The Morgan fingerprint density at radius 1 is 1.00 bits per heavy atom. The van der Waals surface area contributed by atoms with E-state index in [1.165, 1.54) is 19.3 Å². The first-order chi connectivity index (χ1) is 14.5. The van der Waals surface area contributed by atoms with Crippen molar-refractivity contribution in [1.29, 1.82) is 0 Å². The first kappa shape index (κ1) is 21.3. The van der Waals surface area contributed by atoms with Crippen LogP contribution >= 0.6 is 12.2 Å². The van der Waals surface area contributed by atoms with Gasteiger partial charge in [0.1, 0.15) is 0 Å². The Labute approximate surface area is 184 Å². The molecule has 4 aliphatic carbocycles. The Morgan fingerprint density at radius 3 is 2.20 bits per heavy atom. The molecule has 1 aromatic rings. The zero-order chi connectivity index (χ0) is 21.1. The average molecular weight is 428 g/mol. The molecule has 5 nitrogen and oxygen atoms in total. The predicted molar refractivity (Wildman–Crippen MR) is 124 cm³/mol. The summed E-state index contributed by atoms with van der Waals surface area (Å²) in [4.78, 5) is 25.2. The van der Waals surface area contributed by atoms with Crippen LogP contribution in [0.25, 0.3) is 0 Å². The number of anilines is 2. The zero-order valence-electron chi connectivity index (χ0n) is 17.8. The number of unbranched alkanes of at least 4 members (excludes halogenated alkanes) is 2. The number of rotatable bonds is 7. The van der Waals surface area contributed by atoms with Crippen molar-refractivity contribution in [3.63, 3.8) is 0 Å². The number of hydrogen-bond acceptors (Lipinski definition) is 3. The molecule has 30 heavy (non-hydrogen) atoms. The summed E-state index contributed by atoms with van der Waals surface area (Å²) in [6.45, 7) is 2.12. The molecule has 0 aliphatic heterocycles. The molecule has 3 N–H and O–H groups in total. The van der Waals surface area contributed by atoms with E-state index in [4.69, 9.17) is 12.2 Å². The summed E-state index contributed by atoms with van der Waals surface area (Å²) in [5, 5.41) is 9.36. The van der Waals surface area contributed by atoms with Crippen LogP contribution in [0.4, 0.5) is 11.4 Å². The third kappa shape index (κ3) is 4.85. The number of hydrogen-bond donors (Lipinski definition) is 3. The third-order valence-corrected chi connectivity index (χ3v) is 7.36. The van der Waals surface area contributed by atoms with Crippen molar-refractivity contribution in [1.82, 2.24) is 5.32 Å². The molecule has 0 saturated heterocycles. The molecule has 4 aliphatic rings. The third-order valence-electron chi connectivity index (χ3n) is 7.16. The lowest BCUT2D eigenvalue weighted by molar-refractivity contribution is -0.144. The first-order valence-corrected chi connectivity index (χ1v) is 11.9. The topological polar surface area (TPSA) is 70.2 Å². The molecule has 0 aromatic heterocycles. The van der Waals surface area contributed by atoms with E-state index in [2.05, 4.69) is 22.9 Å². The van der Waals surface area contributed by atoms with Gasteiger partial charge in [0.2, 0.25) is 11.8 Å². The summed E-state index contributed by atoms with van der Waals surface area (Å²) in [6.07, 6.45) is 10.6. The number of thiocarbonyl (C=S) groups is 1. The van der Waals surface area contributed by atoms with Crippen LogP contribution in [0.1, 0.15) is 71.1 Å². The van der Waals surface area contributed by atoms with Gasteiger partial charge < -0.3 is 16.0 Å². The Balaban J connectivity index is 1.31. The molecule has 0 radical (unpaired) electrons. The molecule has 0 heterocycles. The highest BCUT2D eigenvalue weighted by Gasteiger charge is 2.54. The van der Waals surface area contributed by atoms with Gasteiger partial charge in [-0.05, 0) is 93.1 Å². The number of amides is 2. The van der Waals surface area contributed by atoms with Crippen molar-refractivity contribution >= 4 is 40.5 Å². The second kappa shape index (κ2) is 9.04. The molecule has 0 unspecified atom stereocenters. The summed E-state index contributed by atoms with van der Waals surface area (Å²) < 4.78 is 0. The quantitative estimate of drug-likeness (QED) is 0.411. The van der Waals surface area contributed by atoms with Crippen molar-refractivity contribution < 1.29 is 9.59 Å². The van der Waals surface area contributed by atoms with Gasteiger partial charge in [0, 0.05) is 17.8 Å². The summed E-state index contributed by atoms with van der Waals surface area (Å²) in [7, 11) is 0. The lowest BCUT2D eigenvalue weighted by Crippen LogP contribution is -2.55. The second-order valence-corrected chi connectivity index (χ2v) is 10.1. The molecule has 4 bridgehead atoms. The highest BCUT2D eigenvalue weighted by molar-refractivity contribution is 7.80. The van der Waals surface area contributed by atoms with Crippen molar-refractivity contribution in [3.8, 4) is 0 Å². The monoisotopic (exact) mass is 427 g/mol. The lowest BCUT2D eigenvalue weighted by atomic mass is 9.49. The molecular weight excluding hydrogens is 394 g/mol. The van der Waals surface area contributed by atoms with Gasteiger partial charge in [0.15, 0.2) is 5.11 Å². The van der Waals surface area contributed by atoms with Gasteiger partial charge >= 0.3 is 0 Å². The molecule has 6 heteroatoms. The van der Waals surface area contributed by atoms with Gasteiger partial charge in [0.25, 0.3) is 0 Å². The van der Waals surface area contributed by atoms with E-state index in [9.17, 15) is 9.59 Å². The zero-order valence-corrected chi connectivity index (χ0v) is 18.7. The normalized spacial score (nSPS) is 28.8. The van der Waals surface area contributed by atoms with E-state index in [1.807, 2.05) is 24.3 Å². The van der Waals surface area contributed by atoms with Crippen molar-refractivity contribution in [3.05, 3.63) is 24.3 Å². The minimum Gasteiger partial charge on any atom is -0.332 e. The first-order valence-electron chi connectivity index (χ1n) is 11.5. The minimum atomic E-state index is -0.213. The van der Waals surface area contributed by atoms with Gasteiger partial charge in [-0.2, -0.15) is 0 Å². The molecule has 162 valence electrons. The number of carbonyl (C=O) groups excluding carboxylic acids is 2. The Kier molecular flexibility index (Phi) is 6.42. The van der Waals surface area contributed by atoms with Crippen LogP contribution in [-0.2, 0) is 9.59 Å². The molecule has 0 spiro atoms. The minimum absolute atomic E-state index is 0.0262. The van der Waals surface area contributed by atoms with Crippen LogP contribution < -0.4 is 16.0 Å². The second-order valence-electron chi connectivity index (χ2n) is 9.69. The van der Waals surface area contributed by atoms with Crippen molar-refractivity contribution in [2.24, 2.45) is 23.2 Å². The van der Waals surface area contributed by atoms with Crippen molar-refractivity contribution in [2.45, 2.75) is 71.1 Å². The largest absolute Gasteiger partial charge is 0.332 e. The van der Waals surface area contributed by atoms with Gasteiger partial charge in [-0.3, -0.25) is 9.59 Å². The van der Waals surface area contributed by atoms with E-state index in [1.54, 1.807) is 0 Å². The predicted octanol–water partition coefficient (Wildman–Crippen LogP) is 5.23. The molecule has 2 amide bonds. The van der Waals surface area contributed by atoms with Crippen LogP contribution in [0.5, 0.6) is 0 Å². The number of nitrogens with one attached hydrogen (secondary N) is 3. The summed E-state index contributed by atoms with van der Waals surface area (Å²) in [6, 6.07) is 7.46. The Hall–Kier alpha value is -1.95. The molecule has 4 fully saturated rings. The molecule has 1 aromatic carbocycles. The fourth-order valence-corrected chi connectivity index (χ4v) is 6.43. The van der Waals surface area contributed by atoms with Crippen molar-refractivity contribution in [2.75, 3.05) is 10.6 Å². The van der Waals surface area contributed by atoms with Crippen LogP contribution in [-0.4, -0.2) is 16.9 Å². The maximum Gasteiger partial charge on any atom is 0.232 e. The van der Waals surface area contributed by atoms with Crippen LogP contribution in [0, 0.1) is 23.2 Å². The number of benzene rings is 1. The van der Waals surface area contributed by atoms with E-state index >= 15 is 0 Å². The molecule has 0 atom stereocenters. The van der Waals surface area contributed by atoms with Crippen LogP contribution in [0.15, 0.2) is 24.3 Å². The lowest BCUT2D eigenvalue weighted by Gasteiger charge is -2.55. The van der Waals surface area contributed by atoms with Gasteiger partial charge in [0.05, 0.1) is 5.41 Å². The highest BCUT2D eigenvalue weighted by atomic mass is 32.1. The van der Waals surface area contributed by atoms with E-state index < -0.39 is 0 Å². The summed E-state index contributed by atoms with van der Waals surface area (Å²) >= 11 is 5.44. The van der Waals surface area contributed by atoms with Gasteiger partial charge in [-0.25, -0.2) is 0 Å². The van der Waals surface area contributed by atoms with Gasteiger partial charge in [-0.15, -0.1) is 0 Å². The molecule has 5 rings (SSSR count). The smallest absolute Gasteiger partial charge is 0.232 e. The van der Waals surface area contributed by atoms with Crippen LogP contribution in [0.2, 0.25) is 0 Å². The Morgan fingerprint density at radius 2 is 1.60 bits per heavy atom. The fourth-order valence-electron chi connectivity index (χ4n) is 6.22. The highest BCUT2D eigenvalue weighted by Crippen LogP contribution is 2.60. The average Bonchev–Trinajstić information content (AvgIpc) is 2.67. The van der Waals surface area contributed by atoms with Gasteiger partial charge in [-0.1, -0.05) is 25.8 Å². The SMILES string of the molecule is CCCCCC(=O)Nc1cccc(NC(=S)NC(=O)C23CC4CC(CC(C4)C2)C3)c1. The molecule has 4 saturated carbocycles. The molecular formula is C24H33N3O2S. The maximum atomic E-state index is 13.1. The number of carbonyl (C=O) groups is 2. The maximum absolute atomic E-state index is 13.1. The Bertz CT molecular complexity index is 787. The van der Waals surface area contributed by atoms with E-state index in [0.717, 1.165) is 67.7 Å². The van der Waals surface area contributed by atoms with E-state index in [-0.39, 0.29) is 17.2 Å². The summed E-state index contributed by atoms with van der Waals surface area (Å²) in [5.41, 5.74) is 1.28. The van der Waals surface area contributed by atoms with E-state index in [0.29, 0.717) is 11.5 Å².